The first-order valence-electron chi connectivity index (χ1n) is 8.18. The van der Waals surface area contributed by atoms with E-state index in [1.54, 1.807) is 16.7 Å². The molecule has 1 atom stereocenters. The third-order valence-corrected chi connectivity index (χ3v) is 6.95. The molecule has 2 aliphatic rings. The second-order valence-electron chi connectivity index (χ2n) is 6.09. The van der Waals surface area contributed by atoms with E-state index >= 15 is 0 Å². The number of para-hydroxylation sites is 1. The maximum Gasteiger partial charge on any atom is 0.273 e. The number of thioether (sulfide) groups is 2. The van der Waals surface area contributed by atoms with Crippen molar-refractivity contribution >= 4 is 57.8 Å². The fraction of sp³-hybridized carbons (Fsp3) is 0.412. The van der Waals surface area contributed by atoms with Crippen LogP contribution in [0, 0.1) is 0 Å². The topological polar surface area (TPSA) is 56.4 Å². The largest absolute Gasteiger partial charge is 0.349 e. The first-order chi connectivity index (χ1) is 12.2. The smallest absolute Gasteiger partial charge is 0.273 e. The number of fused-ring (bicyclic) bond motifs is 1. The molecular formula is C17H18ClN3O2S2. The number of nitrogens with zero attached hydrogens (tertiary/aromatic N) is 2. The average molecular weight is 396 g/mol. The zero-order chi connectivity index (χ0) is 17.4. The second-order valence-corrected chi connectivity index (χ2v) is 8.69. The number of hydrogen-bond donors (Lipinski definition) is 1. The molecule has 2 aromatic rings. The van der Waals surface area contributed by atoms with E-state index in [1.165, 1.54) is 0 Å². The molecule has 25 heavy (non-hydrogen) atoms. The molecule has 2 amide bonds. The first-order valence-corrected chi connectivity index (χ1v) is 10.9. The van der Waals surface area contributed by atoms with Crippen LogP contribution >= 0.6 is 35.1 Å². The van der Waals surface area contributed by atoms with E-state index in [1.807, 2.05) is 40.9 Å². The van der Waals surface area contributed by atoms with Crippen LogP contribution in [0.25, 0.3) is 10.9 Å². The standard InChI is InChI=1S/C17H18ClN3O2S2/c18-14-11-3-1-2-4-12(11)19-15(14)17(23)21-10-25-9-13(21)16(22)20-5-7-24-8-6-20/h1-4,13,19H,5-10H2. The minimum Gasteiger partial charge on any atom is -0.349 e. The van der Waals surface area contributed by atoms with Gasteiger partial charge in [-0.3, -0.25) is 9.59 Å². The van der Waals surface area contributed by atoms with Gasteiger partial charge in [-0.2, -0.15) is 11.8 Å². The van der Waals surface area contributed by atoms with Crippen molar-refractivity contribution in [2.75, 3.05) is 36.2 Å². The van der Waals surface area contributed by atoms with E-state index in [0.717, 1.165) is 35.5 Å². The lowest BCUT2D eigenvalue weighted by atomic mass is 10.2. The molecule has 132 valence electrons. The van der Waals surface area contributed by atoms with Crippen molar-refractivity contribution in [3.05, 3.63) is 35.0 Å². The molecule has 2 aliphatic heterocycles. The summed E-state index contributed by atoms with van der Waals surface area (Å²) in [6.45, 7) is 1.53. The Bertz CT molecular complexity index is 819. The summed E-state index contributed by atoms with van der Waals surface area (Å²) in [5.74, 6) is 2.96. The molecule has 1 unspecified atom stereocenters. The molecule has 1 aromatic heterocycles. The first kappa shape index (κ1) is 17.1. The zero-order valence-electron chi connectivity index (χ0n) is 13.5. The Morgan fingerprint density at radius 3 is 2.68 bits per heavy atom. The second kappa shape index (κ2) is 7.13. The summed E-state index contributed by atoms with van der Waals surface area (Å²) in [5.41, 5.74) is 1.20. The van der Waals surface area contributed by atoms with Crippen molar-refractivity contribution in [3.63, 3.8) is 0 Å². The quantitative estimate of drug-likeness (QED) is 0.849. The van der Waals surface area contributed by atoms with E-state index in [2.05, 4.69) is 4.98 Å². The van der Waals surface area contributed by atoms with Crippen molar-refractivity contribution in [1.29, 1.82) is 0 Å². The average Bonchev–Trinajstić information content (AvgIpc) is 3.27. The third kappa shape index (κ3) is 3.13. The van der Waals surface area contributed by atoms with Crippen LogP contribution in [0.1, 0.15) is 10.5 Å². The Balaban J connectivity index is 1.59. The van der Waals surface area contributed by atoms with Crippen LogP contribution in [-0.2, 0) is 4.79 Å². The monoisotopic (exact) mass is 395 g/mol. The fourth-order valence-electron chi connectivity index (χ4n) is 3.24. The summed E-state index contributed by atoms with van der Waals surface area (Å²) in [4.78, 5) is 32.6. The van der Waals surface area contributed by atoms with Gasteiger partial charge in [0.15, 0.2) is 0 Å². The van der Waals surface area contributed by atoms with E-state index in [0.29, 0.717) is 22.3 Å². The van der Waals surface area contributed by atoms with Crippen LogP contribution in [0.3, 0.4) is 0 Å². The van der Waals surface area contributed by atoms with Crippen molar-refractivity contribution in [1.82, 2.24) is 14.8 Å². The van der Waals surface area contributed by atoms with Gasteiger partial charge in [-0.15, -0.1) is 11.8 Å². The molecule has 0 spiro atoms. The van der Waals surface area contributed by atoms with E-state index in [4.69, 9.17) is 11.6 Å². The normalized spacial score (nSPS) is 21.1. The summed E-state index contributed by atoms with van der Waals surface area (Å²) < 4.78 is 0. The van der Waals surface area contributed by atoms with Crippen LogP contribution < -0.4 is 0 Å². The molecular weight excluding hydrogens is 378 g/mol. The Morgan fingerprint density at radius 2 is 1.92 bits per heavy atom. The number of nitrogens with one attached hydrogen (secondary N) is 1. The Labute approximate surface area is 159 Å². The van der Waals surface area contributed by atoms with Crippen LogP contribution in [0.2, 0.25) is 5.02 Å². The predicted molar refractivity (Wildman–Crippen MR) is 104 cm³/mol. The number of aromatic amines is 1. The van der Waals surface area contributed by atoms with Gasteiger partial charge in [0.25, 0.3) is 5.91 Å². The maximum atomic E-state index is 13.1. The van der Waals surface area contributed by atoms with Gasteiger partial charge in [0, 0.05) is 41.3 Å². The highest BCUT2D eigenvalue weighted by molar-refractivity contribution is 7.99. The highest BCUT2D eigenvalue weighted by atomic mass is 35.5. The molecule has 2 saturated heterocycles. The molecule has 4 rings (SSSR count). The van der Waals surface area contributed by atoms with E-state index in [9.17, 15) is 9.59 Å². The third-order valence-electron chi connectivity index (χ3n) is 4.61. The highest BCUT2D eigenvalue weighted by Gasteiger charge is 2.38. The van der Waals surface area contributed by atoms with Crippen molar-refractivity contribution in [2.45, 2.75) is 6.04 Å². The van der Waals surface area contributed by atoms with Gasteiger partial charge in [-0.1, -0.05) is 29.8 Å². The summed E-state index contributed by atoms with van der Waals surface area (Å²) in [6, 6.07) is 7.17. The number of hydrogen-bond acceptors (Lipinski definition) is 4. The van der Waals surface area contributed by atoms with E-state index < -0.39 is 6.04 Å². The minimum absolute atomic E-state index is 0.0610. The van der Waals surface area contributed by atoms with Gasteiger partial charge in [0.1, 0.15) is 11.7 Å². The van der Waals surface area contributed by atoms with Crippen LogP contribution in [0.15, 0.2) is 24.3 Å². The lowest BCUT2D eigenvalue weighted by Gasteiger charge is -2.31. The van der Waals surface area contributed by atoms with Gasteiger partial charge in [-0.05, 0) is 6.07 Å². The molecule has 3 heterocycles. The van der Waals surface area contributed by atoms with Crippen LogP contribution in [-0.4, -0.2) is 68.9 Å². The van der Waals surface area contributed by atoms with Crippen molar-refractivity contribution < 1.29 is 9.59 Å². The van der Waals surface area contributed by atoms with Gasteiger partial charge in [0.2, 0.25) is 5.91 Å². The number of amides is 2. The number of H-pyrrole nitrogens is 1. The molecule has 0 aliphatic carbocycles. The zero-order valence-corrected chi connectivity index (χ0v) is 15.9. The lowest BCUT2D eigenvalue weighted by Crippen LogP contribution is -2.51. The Kier molecular flexibility index (Phi) is 4.88. The molecule has 5 nitrogen and oxygen atoms in total. The molecule has 0 saturated carbocycles. The molecule has 1 N–H and O–H groups in total. The Hall–Kier alpha value is -1.31. The van der Waals surface area contributed by atoms with Crippen LogP contribution in [0.4, 0.5) is 0 Å². The van der Waals surface area contributed by atoms with Gasteiger partial charge < -0.3 is 14.8 Å². The van der Waals surface area contributed by atoms with E-state index in [-0.39, 0.29) is 11.8 Å². The molecule has 2 fully saturated rings. The molecule has 1 aromatic carbocycles. The van der Waals surface area contributed by atoms with Gasteiger partial charge >= 0.3 is 0 Å². The van der Waals surface area contributed by atoms with Crippen LogP contribution in [0.5, 0.6) is 0 Å². The number of aromatic nitrogens is 1. The van der Waals surface area contributed by atoms with Gasteiger partial charge in [-0.25, -0.2) is 0 Å². The van der Waals surface area contributed by atoms with Crippen molar-refractivity contribution in [2.24, 2.45) is 0 Å². The van der Waals surface area contributed by atoms with Crippen molar-refractivity contribution in [3.8, 4) is 0 Å². The number of benzene rings is 1. The molecule has 0 radical (unpaired) electrons. The SMILES string of the molecule is O=C(C1CSCN1C(=O)c1[nH]c2ccccc2c1Cl)N1CCSCC1. The number of rotatable bonds is 2. The summed E-state index contributed by atoms with van der Waals surface area (Å²) in [6.07, 6.45) is 0. The number of carbonyl (C=O) groups excluding carboxylic acids is 2. The molecule has 0 bridgehead atoms. The highest BCUT2D eigenvalue weighted by Crippen LogP contribution is 2.31. The summed E-state index contributed by atoms with van der Waals surface area (Å²) in [5, 5.41) is 1.26. The number of halogens is 1. The molecule has 8 heteroatoms. The summed E-state index contributed by atoms with van der Waals surface area (Å²) >= 11 is 9.90. The summed E-state index contributed by atoms with van der Waals surface area (Å²) in [7, 11) is 0. The maximum absolute atomic E-state index is 13.1. The van der Waals surface area contributed by atoms with Gasteiger partial charge in [0.05, 0.1) is 10.9 Å². The fourth-order valence-corrected chi connectivity index (χ4v) is 5.58. The Morgan fingerprint density at radius 1 is 1.16 bits per heavy atom. The minimum atomic E-state index is -0.400. The predicted octanol–water partition coefficient (Wildman–Crippen LogP) is 2.91. The lowest BCUT2D eigenvalue weighted by molar-refractivity contribution is -0.134. The number of carbonyl (C=O) groups is 2.